The maximum atomic E-state index is 9.38. The van der Waals surface area contributed by atoms with Gasteiger partial charge >= 0.3 is 0 Å². The fourth-order valence-electron chi connectivity index (χ4n) is 2.17. The molecule has 4 heteroatoms. The van der Waals surface area contributed by atoms with E-state index < -0.39 is 6.10 Å². The fraction of sp³-hybridized carbons (Fsp3) is 1.00. The lowest BCUT2D eigenvalue weighted by molar-refractivity contribution is 0.0286. The molecule has 1 heterocycles. The molecule has 1 aliphatic rings. The maximum absolute atomic E-state index is 9.38. The molecule has 4 N–H and O–H groups in total. The van der Waals surface area contributed by atoms with E-state index in [4.69, 9.17) is 10.8 Å². The highest BCUT2D eigenvalue weighted by Crippen LogP contribution is 2.18. The first kappa shape index (κ1) is 11.9. The van der Waals surface area contributed by atoms with Gasteiger partial charge in [-0.1, -0.05) is 6.42 Å². The van der Waals surface area contributed by atoms with Crippen LogP contribution in [-0.2, 0) is 0 Å². The van der Waals surface area contributed by atoms with E-state index >= 15 is 0 Å². The molecule has 0 aromatic heterocycles. The third-order valence-corrected chi connectivity index (χ3v) is 2.93. The third kappa shape index (κ3) is 3.20. The summed E-state index contributed by atoms with van der Waals surface area (Å²) in [5.41, 5.74) is 5.89. The van der Waals surface area contributed by atoms with E-state index in [9.17, 15) is 5.11 Å². The van der Waals surface area contributed by atoms with E-state index in [0.29, 0.717) is 12.6 Å². The second-order valence-corrected chi connectivity index (χ2v) is 4.25. The van der Waals surface area contributed by atoms with Gasteiger partial charge in [-0.25, -0.2) is 0 Å². The van der Waals surface area contributed by atoms with Crippen molar-refractivity contribution in [3.05, 3.63) is 0 Å². The molecule has 1 fully saturated rings. The molecule has 84 valence electrons. The highest BCUT2D eigenvalue weighted by molar-refractivity contribution is 4.84. The van der Waals surface area contributed by atoms with Gasteiger partial charge in [0, 0.05) is 18.6 Å². The number of likely N-dealkylation sites (tertiary alicyclic amines) is 1. The predicted molar refractivity (Wildman–Crippen MR) is 56.0 cm³/mol. The zero-order valence-electron chi connectivity index (χ0n) is 8.89. The number of piperidine rings is 1. The lowest BCUT2D eigenvalue weighted by atomic mass is 9.96. The average Bonchev–Trinajstić information content (AvgIpc) is 2.18. The van der Waals surface area contributed by atoms with E-state index in [1.54, 1.807) is 0 Å². The summed E-state index contributed by atoms with van der Waals surface area (Å²) >= 11 is 0. The van der Waals surface area contributed by atoms with Crippen molar-refractivity contribution in [1.82, 2.24) is 4.90 Å². The Morgan fingerprint density at radius 2 is 2.21 bits per heavy atom. The SMILES string of the molecule is CC(N)C1CCCCN1CC(O)CO. The first-order valence-electron chi connectivity index (χ1n) is 5.43. The summed E-state index contributed by atoms with van der Waals surface area (Å²) < 4.78 is 0. The van der Waals surface area contributed by atoms with Crippen molar-refractivity contribution in [3.63, 3.8) is 0 Å². The third-order valence-electron chi connectivity index (χ3n) is 2.93. The largest absolute Gasteiger partial charge is 0.394 e. The molecule has 1 rings (SSSR count). The molecule has 0 aromatic rings. The normalized spacial score (nSPS) is 28.7. The highest BCUT2D eigenvalue weighted by Gasteiger charge is 2.26. The Labute approximate surface area is 85.7 Å². The van der Waals surface area contributed by atoms with Crippen LogP contribution in [0.4, 0.5) is 0 Å². The van der Waals surface area contributed by atoms with Crippen LogP contribution in [0.5, 0.6) is 0 Å². The Morgan fingerprint density at radius 3 is 2.79 bits per heavy atom. The van der Waals surface area contributed by atoms with Crippen molar-refractivity contribution in [2.45, 2.75) is 44.4 Å². The molecule has 0 saturated carbocycles. The number of rotatable bonds is 4. The van der Waals surface area contributed by atoms with Crippen molar-refractivity contribution in [1.29, 1.82) is 0 Å². The summed E-state index contributed by atoms with van der Waals surface area (Å²) in [5, 5.41) is 18.2. The van der Waals surface area contributed by atoms with Crippen molar-refractivity contribution in [2.75, 3.05) is 19.7 Å². The quantitative estimate of drug-likeness (QED) is 0.577. The second-order valence-electron chi connectivity index (χ2n) is 4.25. The van der Waals surface area contributed by atoms with Gasteiger partial charge in [0.1, 0.15) is 0 Å². The molecule has 0 amide bonds. The Hall–Kier alpha value is -0.160. The summed E-state index contributed by atoms with van der Waals surface area (Å²) in [7, 11) is 0. The van der Waals surface area contributed by atoms with Crippen LogP contribution in [0.2, 0.25) is 0 Å². The molecule has 14 heavy (non-hydrogen) atoms. The Morgan fingerprint density at radius 1 is 1.50 bits per heavy atom. The molecule has 1 aliphatic heterocycles. The van der Waals surface area contributed by atoms with Crippen LogP contribution in [0.25, 0.3) is 0 Å². The lowest BCUT2D eigenvalue weighted by Gasteiger charge is -2.38. The minimum absolute atomic E-state index is 0.140. The number of nitrogens with two attached hydrogens (primary N) is 1. The molecule has 1 saturated heterocycles. The first-order valence-corrected chi connectivity index (χ1v) is 5.43. The van der Waals surface area contributed by atoms with Gasteiger partial charge in [-0.05, 0) is 26.3 Å². The van der Waals surface area contributed by atoms with Crippen LogP contribution in [-0.4, -0.2) is 53.0 Å². The monoisotopic (exact) mass is 202 g/mol. The molecular weight excluding hydrogens is 180 g/mol. The van der Waals surface area contributed by atoms with Gasteiger partial charge in [-0.3, -0.25) is 4.90 Å². The van der Waals surface area contributed by atoms with Gasteiger partial charge in [-0.15, -0.1) is 0 Å². The van der Waals surface area contributed by atoms with Gasteiger partial charge in [0.05, 0.1) is 12.7 Å². The molecule has 3 atom stereocenters. The fourth-order valence-corrected chi connectivity index (χ4v) is 2.17. The van der Waals surface area contributed by atoms with Crippen LogP contribution < -0.4 is 5.73 Å². The smallest absolute Gasteiger partial charge is 0.0897 e. The van der Waals surface area contributed by atoms with Crippen molar-refractivity contribution in [2.24, 2.45) is 5.73 Å². The minimum atomic E-state index is -0.630. The van der Waals surface area contributed by atoms with Gasteiger partial charge < -0.3 is 15.9 Å². The molecule has 0 aliphatic carbocycles. The molecule has 4 nitrogen and oxygen atoms in total. The number of nitrogens with zero attached hydrogens (tertiary/aromatic N) is 1. The van der Waals surface area contributed by atoms with Gasteiger partial charge in [0.2, 0.25) is 0 Å². The number of aliphatic hydroxyl groups is 2. The van der Waals surface area contributed by atoms with Crippen molar-refractivity contribution < 1.29 is 10.2 Å². The van der Waals surface area contributed by atoms with E-state index in [0.717, 1.165) is 13.0 Å². The van der Waals surface area contributed by atoms with E-state index in [1.165, 1.54) is 12.8 Å². The molecule has 0 spiro atoms. The zero-order chi connectivity index (χ0) is 10.6. The first-order chi connectivity index (χ1) is 6.65. The Kier molecular flexibility index (Phi) is 4.81. The minimum Gasteiger partial charge on any atom is -0.394 e. The molecule has 3 unspecified atom stereocenters. The van der Waals surface area contributed by atoms with Crippen LogP contribution >= 0.6 is 0 Å². The zero-order valence-corrected chi connectivity index (χ0v) is 8.89. The number of aliphatic hydroxyl groups excluding tert-OH is 2. The summed E-state index contributed by atoms with van der Waals surface area (Å²) in [6.45, 7) is 3.38. The highest BCUT2D eigenvalue weighted by atomic mass is 16.3. The second kappa shape index (κ2) is 5.66. The molecule has 0 radical (unpaired) electrons. The van der Waals surface area contributed by atoms with Crippen LogP contribution in [0.3, 0.4) is 0 Å². The number of β-amino-alcohol motifs (C(OH)–C–C–N with tert-alkyl or cyclic N) is 1. The van der Waals surface area contributed by atoms with Gasteiger partial charge in [0.15, 0.2) is 0 Å². The van der Waals surface area contributed by atoms with Crippen molar-refractivity contribution in [3.8, 4) is 0 Å². The Bertz CT molecular complexity index is 164. The van der Waals surface area contributed by atoms with E-state index in [-0.39, 0.29) is 12.6 Å². The maximum Gasteiger partial charge on any atom is 0.0897 e. The van der Waals surface area contributed by atoms with E-state index in [1.807, 2.05) is 6.92 Å². The van der Waals surface area contributed by atoms with Gasteiger partial charge in [0.25, 0.3) is 0 Å². The topological polar surface area (TPSA) is 69.7 Å². The predicted octanol–water partition coefficient (Wildman–Crippen LogP) is -0.459. The van der Waals surface area contributed by atoms with Crippen LogP contribution in [0.15, 0.2) is 0 Å². The lowest BCUT2D eigenvalue weighted by Crippen LogP contribution is -2.51. The summed E-state index contributed by atoms with van der Waals surface area (Å²) in [4.78, 5) is 2.20. The van der Waals surface area contributed by atoms with Crippen LogP contribution in [0, 0.1) is 0 Å². The molecule has 0 bridgehead atoms. The summed E-state index contributed by atoms with van der Waals surface area (Å²) in [5.74, 6) is 0. The molecule has 0 aromatic carbocycles. The van der Waals surface area contributed by atoms with Gasteiger partial charge in [-0.2, -0.15) is 0 Å². The Balaban J connectivity index is 2.45. The van der Waals surface area contributed by atoms with Crippen molar-refractivity contribution >= 4 is 0 Å². The summed E-state index contributed by atoms with van der Waals surface area (Å²) in [6, 6.07) is 0.506. The number of hydrogen-bond donors (Lipinski definition) is 3. The number of hydrogen-bond acceptors (Lipinski definition) is 4. The van der Waals surface area contributed by atoms with E-state index in [2.05, 4.69) is 4.90 Å². The standard InChI is InChI=1S/C10H22N2O2/c1-8(11)10-4-2-3-5-12(10)6-9(14)7-13/h8-10,13-14H,2-7,11H2,1H3. The molecular formula is C10H22N2O2. The average molecular weight is 202 g/mol. The summed E-state index contributed by atoms with van der Waals surface area (Å²) in [6.07, 6.45) is 2.86. The van der Waals surface area contributed by atoms with Crippen LogP contribution in [0.1, 0.15) is 26.2 Å².